The summed E-state index contributed by atoms with van der Waals surface area (Å²) in [6.45, 7) is 0.983. The van der Waals surface area contributed by atoms with Gasteiger partial charge in [-0.25, -0.2) is 9.97 Å². The van der Waals surface area contributed by atoms with Crippen LogP contribution in [-0.4, -0.2) is 79.7 Å². The fourth-order valence-corrected chi connectivity index (χ4v) is 6.75. The molecule has 18 heteroatoms. The number of aryl methyl sites for hydroxylation is 1. The maximum atomic E-state index is 14.0. The molecule has 278 valence electrons. The van der Waals surface area contributed by atoms with E-state index in [0.29, 0.717) is 70.1 Å². The van der Waals surface area contributed by atoms with E-state index in [0.717, 1.165) is 12.1 Å². The van der Waals surface area contributed by atoms with Crippen LogP contribution in [0.4, 0.5) is 38.0 Å². The van der Waals surface area contributed by atoms with E-state index in [4.69, 9.17) is 9.29 Å². The van der Waals surface area contributed by atoms with E-state index in [1.54, 1.807) is 9.80 Å². The van der Waals surface area contributed by atoms with Crippen LogP contribution in [0.25, 0.3) is 0 Å². The van der Waals surface area contributed by atoms with Gasteiger partial charge in [0.25, 0.3) is 10.1 Å². The van der Waals surface area contributed by atoms with Crippen LogP contribution in [0.2, 0.25) is 0 Å². The first-order valence-corrected chi connectivity index (χ1v) is 18.0. The van der Waals surface area contributed by atoms with Gasteiger partial charge in [-0.1, -0.05) is 6.07 Å². The highest BCUT2D eigenvalue weighted by Gasteiger charge is 2.39. The van der Waals surface area contributed by atoms with Crippen molar-refractivity contribution in [3.8, 4) is 5.75 Å². The third-order valence-electron chi connectivity index (χ3n) is 8.99. The SMILES string of the molecule is COc1cc(C(F)(F)F)ccc1CCCC(=O)[C@@H]1CCCN1c1cc(N2CCC(CCCC(=O)NCCS(=O)(=O)O)CC2)nc(C(F)(F)F)n1. The van der Waals surface area contributed by atoms with Gasteiger partial charge in [0.05, 0.1) is 24.5 Å². The summed E-state index contributed by atoms with van der Waals surface area (Å²) in [6, 6.07) is 3.95. The van der Waals surface area contributed by atoms with Crippen LogP contribution in [0, 0.1) is 5.92 Å². The van der Waals surface area contributed by atoms with Crippen molar-refractivity contribution in [2.75, 3.05) is 48.8 Å². The first-order chi connectivity index (χ1) is 23.4. The van der Waals surface area contributed by atoms with Crippen LogP contribution in [0.3, 0.4) is 0 Å². The predicted octanol–water partition coefficient (Wildman–Crippen LogP) is 5.47. The zero-order valence-corrected chi connectivity index (χ0v) is 28.3. The molecule has 4 rings (SSSR count). The molecule has 50 heavy (non-hydrogen) atoms. The molecule has 2 fully saturated rings. The molecule has 11 nitrogen and oxygen atoms in total. The number of alkyl halides is 6. The average Bonchev–Trinajstić information content (AvgIpc) is 3.54. The number of carbonyl (C=O) groups is 2. The number of ether oxygens (including phenoxy) is 1. The highest BCUT2D eigenvalue weighted by molar-refractivity contribution is 7.85. The number of benzene rings is 1. The van der Waals surface area contributed by atoms with Crippen molar-refractivity contribution >= 4 is 33.4 Å². The Hall–Kier alpha value is -3.67. The molecule has 2 saturated heterocycles. The lowest BCUT2D eigenvalue weighted by molar-refractivity contribution is -0.144. The summed E-state index contributed by atoms with van der Waals surface area (Å²) in [5.74, 6) is -2.02. The molecule has 0 bridgehead atoms. The van der Waals surface area contributed by atoms with Gasteiger partial charge in [0.1, 0.15) is 17.4 Å². The van der Waals surface area contributed by atoms with Gasteiger partial charge in [-0.15, -0.1) is 0 Å². The predicted molar refractivity (Wildman–Crippen MR) is 172 cm³/mol. The zero-order valence-electron chi connectivity index (χ0n) is 27.5. The lowest BCUT2D eigenvalue weighted by Gasteiger charge is -2.34. The number of hydrogen-bond donors (Lipinski definition) is 2. The van der Waals surface area contributed by atoms with Crippen LogP contribution in [0.15, 0.2) is 24.3 Å². The minimum Gasteiger partial charge on any atom is -0.496 e. The van der Waals surface area contributed by atoms with E-state index in [9.17, 15) is 44.3 Å². The number of nitrogens with one attached hydrogen (secondary N) is 1. The number of methoxy groups -OCH3 is 1. The second-order valence-electron chi connectivity index (χ2n) is 12.6. The molecular formula is C32H41F6N5O6S. The molecule has 0 unspecified atom stereocenters. The van der Waals surface area contributed by atoms with Gasteiger partial charge in [-0.05, 0) is 75.0 Å². The second-order valence-corrected chi connectivity index (χ2v) is 14.1. The zero-order chi connectivity index (χ0) is 36.7. The summed E-state index contributed by atoms with van der Waals surface area (Å²) in [5.41, 5.74) is -0.339. The van der Waals surface area contributed by atoms with Crippen LogP contribution in [0.5, 0.6) is 5.75 Å². The van der Waals surface area contributed by atoms with Crippen molar-refractivity contribution in [2.24, 2.45) is 5.92 Å². The van der Waals surface area contributed by atoms with E-state index in [1.165, 1.54) is 19.2 Å². The molecule has 0 radical (unpaired) electrons. The Kier molecular flexibility index (Phi) is 13.0. The average molecular weight is 738 g/mol. The highest BCUT2D eigenvalue weighted by Crippen LogP contribution is 2.36. The molecule has 0 saturated carbocycles. The topological polar surface area (TPSA) is 142 Å². The number of hydrogen-bond acceptors (Lipinski definition) is 9. The Bertz CT molecular complexity index is 1600. The highest BCUT2D eigenvalue weighted by atomic mass is 32.2. The molecule has 2 aromatic rings. The third-order valence-corrected chi connectivity index (χ3v) is 9.71. The van der Waals surface area contributed by atoms with Crippen molar-refractivity contribution in [2.45, 2.75) is 82.6 Å². The maximum absolute atomic E-state index is 14.0. The number of anilines is 2. The minimum atomic E-state index is -4.83. The maximum Gasteiger partial charge on any atom is 0.451 e. The van der Waals surface area contributed by atoms with Gasteiger partial charge in [0.15, 0.2) is 5.78 Å². The molecule has 2 N–H and O–H groups in total. The quantitative estimate of drug-likeness (QED) is 0.179. The molecule has 2 aliphatic heterocycles. The van der Waals surface area contributed by atoms with Crippen LogP contribution in [-0.2, 0) is 38.5 Å². The van der Waals surface area contributed by atoms with Crippen LogP contribution >= 0.6 is 0 Å². The summed E-state index contributed by atoms with van der Waals surface area (Å²) in [5, 5.41) is 2.43. The van der Waals surface area contributed by atoms with E-state index in [-0.39, 0.29) is 60.8 Å². The monoisotopic (exact) mass is 737 g/mol. The molecule has 0 aliphatic carbocycles. The van der Waals surface area contributed by atoms with Crippen LogP contribution < -0.4 is 19.9 Å². The summed E-state index contributed by atoms with van der Waals surface area (Å²) < 4.78 is 117. The molecular weight excluding hydrogens is 696 g/mol. The Balaban J connectivity index is 1.35. The third kappa shape index (κ3) is 11.2. The smallest absolute Gasteiger partial charge is 0.451 e. The standard InChI is InChI=1S/C32H41F6N5O6S/c1-49-26-19-23(31(33,34)35)11-10-22(26)6-3-8-25(44)24-7-4-15-43(24)28-20-27(40-30(41-28)32(36,37)38)42-16-12-21(13-17-42)5-2-9-29(45)39-14-18-50(46,47)48/h10-11,19-21,24H,2-9,12-18H2,1H3,(H,39,45)(H,46,47,48)/t24-/m0/s1. The van der Waals surface area contributed by atoms with Gasteiger partial charge < -0.3 is 19.9 Å². The fourth-order valence-electron chi connectivity index (χ4n) is 6.39. The minimum absolute atomic E-state index is 0.00437. The van der Waals surface area contributed by atoms with Crippen molar-refractivity contribution in [1.82, 2.24) is 15.3 Å². The number of amides is 1. The van der Waals surface area contributed by atoms with Gasteiger partial charge in [0, 0.05) is 45.1 Å². The molecule has 2 aliphatic rings. The largest absolute Gasteiger partial charge is 0.496 e. The molecule has 1 aromatic heterocycles. The first kappa shape index (κ1) is 39.1. The Morgan fingerprint density at radius 1 is 0.960 bits per heavy atom. The van der Waals surface area contributed by atoms with Crippen molar-refractivity contribution in [1.29, 1.82) is 0 Å². The fraction of sp³-hybridized carbons (Fsp3) is 0.625. The molecule has 1 atom stereocenters. The van der Waals surface area contributed by atoms with Gasteiger partial charge >= 0.3 is 12.4 Å². The molecule has 3 heterocycles. The normalized spacial score (nSPS) is 17.6. The van der Waals surface area contributed by atoms with Crippen LogP contribution in [0.1, 0.15) is 74.7 Å². The Labute approximate surface area is 286 Å². The number of ketones is 1. The van der Waals surface area contributed by atoms with Crippen molar-refractivity contribution < 1.29 is 53.6 Å². The number of nitrogens with zero attached hydrogens (tertiary/aromatic N) is 4. The number of Topliss-reactive ketones (excluding diaryl/α,β-unsaturated/α-hetero) is 1. The van der Waals surface area contributed by atoms with E-state index in [1.807, 2.05) is 0 Å². The van der Waals surface area contributed by atoms with E-state index in [2.05, 4.69) is 15.3 Å². The first-order valence-electron chi connectivity index (χ1n) is 16.4. The van der Waals surface area contributed by atoms with Gasteiger partial charge in [-0.2, -0.15) is 34.8 Å². The Morgan fingerprint density at radius 3 is 2.30 bits per heavy atom. The molecule has 0 spiro atoms. The lowest BCUT2D eigenvalue weighted by Crippen LogP contribution is -2.38. The molecule has 1 amide bonds. The summed E-state index contributed by atoms with van der Waals surface area (Å²) in [7, 11) is -2.90. The number of piperidine rings is 1. The summed E-state index contributed by atoms with van der Waals surface area (Å²) >= 11 is 0. The lowest BCUT2D eigenvalue weighted by atomic mass is 9.91. The van der Waals surface area contributed by atoms with Crippen molar-refractivity contribution in [3.63, 3.8) is 0 Å². The molecule has 1 aromatic carbocycles. The number of aromatic nitrogens is 2. The van der Waals surface area contributed by atoms with Gasteiger partial charge in [0.2, 0.25) is 11.7 Å². The number of carbonyl (C=O) groups excluding carboxylic acids is 2. The second kappa shape index (κ2) is 16.6. The summed E-state index contributed by atoms with van der Waals surface area (Å²) in [6.07, 6.45) is -5.00. The van der Waals surface area contributed by atoms with Gasteiger partial charge in [-0.3, -0.25) is 14.1 Å². The summed E-state index contributed by atoms with van der Waals surface area (Å²) in [4.78, 5) is 36.2. The van der Waals surface area contributed by atoms with E-state index < -0.39 is 45.7 Å². The number of halogens is 6. The van der Waals surface area contributed by atoms with Crippen molar-refractivity contribution in [3.05, 3.63) is 41.2 Å². The van der Waals surface area contributed by atoms with E-state index >= 15 is 0 Å². The Morgan fingerprint density at radius 2 is 1.66 bits per heavy atom. The number of rotatable bonds is 15.